The highest BCUT2D eigenvalue weighted by atomic mass is 16.6. The fraction of sp³-hybridized carbons (Fsp3) is 0.417. The van der Waals surface area contributed by atoms with Crippen LogP contribution in [0.2, 0.25) is 0 Å². The Kier molecular flexibility index (Phi) is 2.90. The number of nitrogens with zero attached hydrogens (tertiary/aromatic N) is 1. The Labute approximate surface area is 89.7 Å². The summed E-state index contributed by atoms with van der Waals surface area (Å²) >= 11 is 0. The molecule has 15 heavy (non-hydrogen) atoms. The standard InChI is InChI=1S/C12H15NO2/c1-10-3-5-11(6-4-10)9-13-7-2-8-15-12(13)14/h3-6H,2,7-9H2,1H3. The number of hydrogen-bond acceptors (Lipinski definition) is 2. The fourth-order valence-electron chi connectivity index (χ4n) is 1.65. The first-order chi connectivity index (χ1) is 7.25. The van der Waals surface area contributed by atoms with Crippen LogP contribution in [0.4, 0.5) is 4.79 Å². The molecule has 2 rings (SSSR count). The molecule has 1 heterocycles. The van der Waals surface area contributed by atoms with Gasteiger partial charge in [-0.25, -0.2) is 4.79 Å². The number of carbonyl (C=O) groups excluding carboxylic acids is 1. The van der Waals surface area contributed by atoms with Gasteiger partial charge >= 0.3 is 6.09 Å². The minimum atomic E-state index is -0.193. The lowest BCUT2D eigenvalue weighted by atomic mass is 10.1. The smallest absolute Gasteiger partial charge is 0.410 e. The van der Waals surface area contributed by atoms with Crippen molar-refractivity contribution >= 4 is 6.09 Å². The van der Waals surface area contributed by atoms with Gasteiger partial charge in [0.15, 0.2) is 0 Å². The zero-order chi connectivity index (χ0) is 10.7. The summed E-state index contributed by atoms with van der Waals surface area (Å²) in [5, 5.41) is 0. The molecule has 0 spiro atoms. The molecule has 0 aromatic heterocycles. The van der Waals surface area contributed by atoms with Crippen molar-refractivity contribution in [3.63, 3.8) is 0 Å². The van der Waals surface area contributed by atoms with Crippen molar-refractivity contribution in [1.29, 1.82) is 0 Å². The number of hydrogen-bond donors (Lipinski definition) is 0. The lowest BCUT2D eigenvalue weighted by Crippen LogP contribution is -2.37. The van der Waals surface area contributed by atoms with E-state index >= 15 is 0 Å². The summed E-state index contributed by atoms with van der Waals surface area (Å²) in [5.74, 6) is 0. The van der Waals surface area contributed by atoms with E-state index in [0.717, 1.165) is 18.5 Å². The normalized spacial score (nSPS) is 16.3. The molecule has 1 saturated heterocycles. The molecular formula is C12H15NO2. The van der Waals surface area contributed by atoms with Gasteiger partial charge in [0.05, 0.1) is 6.61 Å². The van der Waals surface area contributed by atoms with E-state index < -0.39 is 0 Å². The van der Waals surface area contributed by atoms with Crippen LogP contribution in [0.1, 0.15) is 17.5 Å². The molecule has 0 radical (unpaired) electrons. The second-order valence-electron chi connectivity index (χ2n) is 3.88. The minimum absolute atomic E-state index is 0.193. The SMILES string of the molecule is Cc1ccc(CN2CCCOC2=O)cc1. The maximum Gasteiger partial charge on any atom is 0.410 e. The molecule has 1 aliphatic rings. The van der Waals surface area contributed by atoms with Crippen LogP contribution in [0.3, 0.4) is 0 Å². The quantitative estimate of drug-likeness (QED) is 0.741. The number of aryl methyl sites for hydroxylation is 1. The molecule has 0 N–H and O–H groups in total. The van der Waals surface area contributed by atoms with Gasteiger partial charge in [-0.3, -0.25) is 0 Å². The van der Waals surface area contributed by atoms with E-state index in [-0.39, 0.29) is 6.09 Å². The third kappa shape index (κ3) is 2.49. The number of benzene rings is 1. The number of ether oxygens (including phenoxy) is 1. The highest BCUT2D eigenvalue weighted by Crippen LogP contribution is 2.11. The van der Waals surface area contributed by atoms with Crippen molar-refractivity contribution in [3.8, 4) is 0 Å². The Morgan fingerprint density at radius 2 is 2.07 bits per heavy atom. The van der Waals surface area contributed by atoms with Crippen molar-refractivity contribution in [3.05, 3.63) is 35.4 Å². The summed E-state index contributed by atoms with van der Waals surface area (Å²) in [6.07, 6.45) is 0.735. The van der Waals surface area contributed by atoms with Crippen LogP contribution in [0.25, 0.3) is 0 Å². The minimum Gasteiger partial charge on any atom is -0.449 e. The van der Waals surface area contributed by atoms with Crippen LogP contribution in [0, 0.1) is 6.92 Å². The molecule has 0 unspecified atom stereocenters. The van der Waals surface area contributed by atoms with Crippen molar-refractivity contribution in [1.82, 2.24) is 4.90 Å². The highest BCUT2D eigenvalue weighted by molar-refractivity contribution is 5.68. The van der Waals surface area contributed by atoms with Gasteiger partial charge in [0.2, 0.25) is 0 Å². The van der Waals surface area contributed by atoms with Gasteiger partial charge in [-0.05, 0) is 18.9 Å². The van der Waals surface area contributed by atoms with Crippen molar-refractivity contribution in [2.24, 2.45) is 0 Å². The maximum absolute atomic E-state index is 11.4. The van der Waals surface area contributed by atoms with Gasteiger partial charge in [-0.2, -0.15) is 0 Å². The number of rotatable bonds is 2. The summed E-state index contributed by atoms with van der Waals surface area (Å²) in [5.41, 5.74) is 2.39. The molecule has 80 valence electrons. The lowest BCUT2D eigenvalue weighted by Gasteiger charge is -2.26. The molecule has 1 aromatic carbocycles. The highest BCUT2D eigenvalue weighted by Gasteiger charge is 2.19. The first kappa shape index (κ1) is 10.0. The molecule has 0 atom stereocenters. The Hall–Kier alpha value is -1.51. The summed E-state index contributed by atoms with van der Waals surface area (Å²) in [6.45, 7) is 4.06. The molecule has 3 heteroatoms. The first-order valence-electron chi connectivity index (χ1n) is 5.23. The Morgan fingerprint density at radius 3 is 2.73 bits per heavy atom. The van der Waals surface area contributed by atoms with E-state index in [9.17, 15) is 4.79 Å². The van der Waals surface area contributed by atoms with Crippen LogP contribution in [0.5, 0.6) is 0 Å². The number of carbonyl (C=O) groups is 1. The average Bonchev–Trinajstić information content (AvgIpc) is 2.25. The van der Waals surface area contributed by atoms with E-state index in [2.05, 4.69) is 31.2 Å². The Bertz CT molecular complexity index is 345. The molecule has 1 aliphatic heterocycles. The fourth-order valence-corrected chi connectivity index (χ4v) is 1.65. The van der Waals surface area contributed by atoms with E-state index in [1.807, 2.05) is 0 Å². The molecule has 1 aromatic rings. The zero-order valence-electron chi connectivity index (χ0n) is 8.90. The van der Waals surface area contributed by atoms with E-state index in [0.29, 0.717) is 13.2 Å². The van der Waals surface area contributed by atoms with Gasteiger partial charge in [-0.1, -0.05) is 29.8 Å². The van der Waals surface area contributed by atoms with E-state index in [4.69, 9.17) is 4.74 Å². The second kappa shape index (κ2) is 4.34. The number of amides is 1. The van der Waals surface area contributed by atoms with E-state index in [1.54, 1.807) is 4.90 Å². The Morgan fingerprint density at radius 1 is 1.33 bits per heavy atom. The van der Waals surface area contributed by atoms with Crippen LogP contribution < -0.4 is 0 Å². The zero-order valence-corrected chi connectivity index (χ0v) is 8.90. The van der Waals surface area contributed by atoms with Gasteiger partial charge < -0.3 is 9.64 Å². The van der Waals surface area contributed by atoms with Crippen molar-refractivity contribution < 1.29 is 9.53 Å². The van der Waals surface area contributed by atoms with Gasteiger partial charge in [0.25, 0.3) is 0 Å². The first-order valence-corrected chi connectivity index (χ1v) is 5.23. The average molecular weight is 205 g/mol. The summed E-state index contributed by atoms with van der Waals surface area (Å²) < 4.78 is 4.97. The summed E-state index contributed by atoms with van der Waals surface area (Å²) in [6, 6.07) is 8.23. The molecule has 0 saturated carbocycles. The predicted molar refractivity (Wildman–Crippen MR) is 57.6 cm³/mol. The van der Waals surface area contributed by atoms with Gasteiger partial charge in [0, 0.05) is 13.1 Å². The lowest BCUT2D eigenvalue weighted by molar-refractivity contribution is 0.0700. The molecule has 0 aliphatic carbocycles. The number of cyclic esters (lactones) is 1. The predicted octanol–water partition coefficient (Wildman–Crippen LogP) is 2.34. The third-order valence-electron chi connectivity index (χ3n) is 2.55. The topological polar surface area (TPSA) is 29.5 Å². The molecule has 0 bridgehead atoms. The van der Waals surface area contributed by atoms with Gasteiger partial charge in [-0.15, -0.1) is 0 Å². The third-order valence-corrected chi connectivity index (χ3v) is 2.55. The largest absolute Gasteiger partial charge is 0.449 e. The van der Waals surface area contributed by atoms with E-state index in [1.165, 1.54) is 5.56 Å². The maximum atomic E-state index is 11.4. The van der Waals surface area contributed by atoms with Crippen molar-refractivity contribution in [2.75, 3.05) is 13.2 Å². The molecule has 1 amide bonds. The second-order valence-corrected chi connectivity index (χ2v) is 3.88. The molecule has 1 fully saturated rings. The van der Waals surface area contributed by atoms with Crippen LogP contribution in [0.15, 0.2) is 24.3 Å². The molecule has 3 nitrogen and oxygen atoms in total. The van der Waals surface area contributed by atoms with Crippen LogP contribution in [-0.2, 0) is 11.3 Å². The Balaban J connectivity index is 2.01. The summed E-state index contributed by atoms with van der Waals surface area (Å²) in [7, 11) is 0. The van der Waals surface area contributed by atoms with Crippen LogP contribution >= 0.6 is 0 Å². The summed E-state index contributed by atoms with van der Waals surface area (Å²) in [4.78, 5) is 13.1. The van der Waals surface area contributed by atoms with Crippen LogP contribution in [-0.4, -0.2) is 24.1 Å². The monoisotopic (exact) mass is 205 g/mol. The van der Waals surface area contributed by atoms with Gasteiger partial charge in [0.1, 0.15) is 0 Å². The van der Waals surface area contributed by atoms with Crippen molar-refractivity contribution in [2.45, 2.75) is 19.9 Å². The molecular weight excluding hydrogens is 190 g/mol.